The maximum Gasteiger partial charge on any atom is 0.271 e. The summed E-state index contributed by atoms with van der Waals surface area (Å²) in [5.74, 6) is -0.232. The fraction of sp³-hybridized carbons (Fsp3) is 0.150. The zero-order chi connectivity index (χ0) is 17.6. The van der Waals surface area contributed by atoms with Crippen LogP contribution in [-0.4, -0.2) is 21.9 Å². The van der Waals surface area contributed by atoms with E-state index in [0.29, 0.717) is 12.1 Å². The molecule has 126 valence electrons. The highest BCUT2D eigenvalue weighted by atomic mass is 16.2. The van der Waals surface area contributed by atoms with Crippen LogP contribution in [0.5, 0.6) is 0 Å². The molecule has 0 atom stereocenters. The lowest BCUT2D eigenvalue weighted by atomic mass is 10.1. The second-order valence-corrected chi connectivity index (χ2v) is 5.89. The topological polar surface area (TPSA) is 59.3 Å². The molecule has 5 heteroatoms. The molecule has 3 rings (SSSR count). The first kappa shape index (κ1) is 16.6. The van der Waals surface area contributed by atoms with Crippen molar-refractivity contribution < 1.29 is 4.79 Å². The number of aromatic nitrogens is 2. The van der Waals surface area contributed by atoms with Crippen molar-refractivity contribution in [1.82, 2.24) is 15.2 Å². The van der Waals surface area contributed by atoms with Gasteiger partial charge in [-0.1, -0.05) is 42.5 Å². The number of aryl methyl sites for hydroxylation is 2. The Bertz CT molecular complexity index is 880. The third kappa shape index (κ3) is 4.41. The van der Waals surface area contributed by atoms with Gasteiger partial charge in [0.25, 0.3) is 5.91 Å². The largest absolute Gasteiger partial charge is 0.271 e. The van der Waals surface area contributed by atoms with Gasteiger partial charge in [0.1, 0.15) is 0 Å². The molecule has 1 amide bonds. The maximum absolute atomic E-state index is 12.1. The molecule has 1 N–H and O–H groups in total. The van der Waals surface area contributed by atoms with E-state index in [9.17, 15) is 4.79 Å². The number of carbonyl (C=O) groups is 1. The molecular weight excluding hydrogens is 312 g/mol. The first-order valence-corrected chi connectivity index (χ1v) is 8.10. The Labute approximate surface area is 147 Å². The van der Waals surface area contributed by atoms with E-state index in [0.717, 1.165) is 22.5 Å². The van der Waals surface area contributed by atoms with E-state index >= 15 is 0 Å². The fourth-order valence-corrected chi connectivity index (χ4v) is 2.54. The van der Waals surface area contributed by atoms with E-state index in [-0.39, 0.29) is 5.91 Å². The zero-order valence-electron chi connectivity index (χ0n) is 14.3. The van der Waals surface area contributed by atoms with Gasteiger partial charge in [-0.15, -0.1) is 0 Å². The van der Waals surface area contributed by atoms with E-state index in [2.05, 4.69) is 15.6 Å². The predicted molar refractivity (Wildman–Crippen MR) is 98.7 cm³/mol. The van der Waals surface area contributed by atoms with Gasteiger partial charge >= 0.3 is 0 Å². The molecule has 3 aromatic rings. The number of carbonyl (C=O) groups excluding carboxylic acids is 1. The Morgan fingerprint density at radius 2 is 1.84 bits per heavy atom. The minimum absolute atomic E-state index is 0.232. The van der Waals surface area contributed by atoms with E-state index < -0.39 is 0 Å². The highest BCUT2D eigenvalue weighted by Gasteiger charge is 2.06. The number of hydrogen-bond acceptors (Lipinski definition) is 3. The minimum atomic E-state index is -0.232. The van der Waals surface area contributed by atoms with Crippen molar-refractivity contribution in [3.63, 3.8) is 0 Å². The third-order valence-electron chi connectivity index (χ3n) is 3.83. The number of nitrogens with one attached hydrogen (secondary N) is 1. The van der Waals surface area contributed by atoms with Crippen LogP contribution in [0.2, 0.25) is 0 Å². The van der Waals surface area contributed by atoms with Crippen LogP contribution < -0.4 is 5.43 Å². The molecule has 2 aromatic carbocycles. The van der Waals surface area contributed by atoms with Gasteiger partial charge < -0.3 is 0 Å². The van der Waals surface area contributed by atoms with E-state index in [1.807, 2.05) is 67.1 Å². The van der Waals surface area contributed by atoms with E-state index in [4.69, 9.17) is 0 Å². The van der Waals surface area contributed by atoms with Crippen LogP contribution in [0.15, 0.2) is 65.8 Å². The molecule has 0 unspecified atom stereocenters. The van der Waals surface area contributed by atoms with Gasteiger partial charge in [0.2, 0.25) is 0 Å². The Balaban J connectivity index is 1.60. The first-order valence-electron chi connectivity index (χ1n) is 8.10. The molecule has 0 aliphatic heterocycles. The van der Waals surface area contributed by atoms with Crippen LogP contribution in [0.25, 0.3) is 0 Å². The fourth-order valence-electron chi connectivity index (χ4n) is 2.54. The highest BCUT2D eigenvalue weighted by Crippen LogP contribution is 2.09. The molecule has 1 heterocycles. The third-order valence-corrected chi connectivity index (χ3v) is 3.83. The van der Waals surface area contributed by atoms with Crippen molar-refractivity contribution >= 4 is 12.1 Å². The second kappa shape index (κ2) is 7.57. The van der Waals surface area contributed by atoms with Gasteiger partial charge in [0.05, 0.1) is 18.5 Å². The van der Waals surface area contributed by atoms with Gasteiger partial charge in [-0.3, -0.25) is 9.48 Å². The molecule has 1 aromatic heterocycles. The summed E-state index contributed by atoms with van der Waals surface area (Å²) in [6.45, 7) is 4.70. The molecule has 0 saturated heterocycles. The van der Waals surface area contributed by atoms with Crippen LogP contribution in [0.3, 0.4) is 0 Å². The molecule has 0 spiro atoms. The number of benzene rings is 2. The Morgan fingerprint density at radius 3 is 2.48 bits per heavy atom. The highest BCUT2D eigenvalue weighted by molar-refractivity contribution is 5.94. The van der Waals surface area contributed by atoms with Crippen molar-refractivity contribution in [2.24, 2.45) is 5.10 Å². The number of hydrogen-bond donors (Lipinski definition) is 1. The molecule has 0 aliphatic rings. The van der Waals surface area contributed by atoms with E-state index in [1.54, 1.807) is 18.3 Å². The molecular formula is C20H20N4O. The Morgan fingerprint density at radius 1 is 1.12 bits per heavy atom. The predicted octanol–water partition coefficient (Wildman–Crippen LogP) is 3.31. The average molecular weight is 332 g/mol. The molecule has 0 aliphatic carbocycles. The van der Waals surface area contributed by atoms with Crippen LogP contribution in [0, 0.1) is 13.8 Å². The number of rotatable bonds is 5. The lowest BCUT2D eigenvalue weighted by Crippen LogP contribution is -2.17. The second-order valence-electron chi connectivity index (χ2n) is 5.89. The van der Waals surface area contributed by atoms with Crippen molar-refractivity contribution in [1.29, 1.82) is 0 Å². The van der Waals surface area contributed by atoms with Crippen LogP contribution >= 0.6 is 0 Å². The van der Waals surface area contributed by atoms with Crippen LogP contribution in [0.4, 0.5) is 0 Å². The summed E-state index contributed by atoms with van der Waals surface area (Å²) >= 11 is 0. The normalized spacial score (nSPS) is 11.0. The summed E-state index contributed by atoms with van der Waals surface area (Å²) in [4.78, 5) is 12.1. The van der Waals surface area contributed by atoms with Gasteiger partial charge in [0, 0.05) is 11.3 Å². The first-order chi connectivity index (χ1) is 12.1. The summed E-state index contributed by atoms with van der Waals surface area (Å²) in [6.07, 6.45) is 1.62. The summed E-state index contributed by atoms with van der Waals surface area (Å²) in [7, 11) is 0. The minimum Gasteiger partial charge on any atom is -0.267 e. The quantitative estimate of drug-likeness (QED) is 0.575. The SMILES string of the molecule is Cc1cc(C)n(Cc2ccc(C(=O)N/N=C/c3ccccc3)cc2)n1. The van der Waals surface area contributed by atoms with Gasteiger partial charge in [-0.25, -0.2) is 5.43 Å². The van der Waals surface area contributed by atoms with Gasteiger partial charge in [0.15, 0.2) is 0 Å². The van der Waals surface area contributed by atoms with Crippen LogP contribution in [0.1, 0.15) is 32.9 Å². The van der Waals surface area contributed by atoms with Gasteiger partial charge in [-0.2, -0.15) is 10.2 Å². The summed E-state index contributed by atoms with van der Waals surface area (Å²) < 4.78 is 1.95. The Hall–Kier alpha value is -3.21. The summed E-state index contributed by atoms with van der Waals surface area (Å²) in [5, 5.41) is 8.43. The van der Waals surface area contributed by atoms with E-state index in [1.165, 1.54) is 0 Å². The average Bonchev–Trinajstić information content (AvgIpc) is 2.93. The number of nitrogens with zero attached hydrogens (tertiary/aromatic N) is 3. The number of hydrazone groups is 1. The molecule has 0 bridgehead atoms. The van der Waals surface area contributed by atoms with Gasteiger partial charge in [-0.05, 0) is 43.2 Å². The summed E-state index contributed by atoms with van der Waals surface area (Å²) in [5.41, 5.74) is 7.26. The molecule has 25 heavy (non-hydrogen) atoms. The monoisotopic (exact) mass is 332 g/mol. The lowest BCUT2D eigenvalue weighted by molar-refractivity contribution is 0.0955. The standard InChI is InChI=1S/C20H20N4O/c1-15-12-16(2)24(23-15)14-18-8-10-19(11-9-18)20(25)22-21-13-17-6-4-3-5-7-17/h3-13H,14H2,1-2H3,(H,22,25)/b21-13+. The number of amides is 1. The molecule has 0 radical (unpaired) electrons. The van der Waals surface area contributed by atoms with Crippen molar-refractivity contribution in [3.8, 4) is 0 Å². The van der Waals surface area contributed by atoms with Crippen molar-refractivity contribution in [3.05, 3.63) is 88.7 Å². The molecule has 0 saturated carbocycles. The smallest absolute Gasteiger partial charge is 0.267 e. The molecule has 0 fully saturated rings. The van der Waals surface area contributed by atoms with Crippen molar-refractivity contribution in [2.75, 3.05) is 0 Å². The summed E-state index contributed by atoms with van der Waals surface area (Å²) in [6, 6.07) is 19.1. The van der Waals surface area contributed by atoms with Crippen LogP contribution in [-0.2, 0) is 6.54 Å². The zero-order valence-corrected chi connectivity index (χ0v) is 14.3. The molecule has 5 nitrogen and oxygen atoms in total. The van der Waals surface area contributed by atoms with Crippen molar-refractivity contribution in [2.45, 2.75) is 20.4 Å². The Kier molecular flexibility index (Phi) is 5.04. The maximum atomic E-state index is 12.1. The lowest BCUT2D eigenvalue weighted by Gasteiger charge is -2.06.